The molecule has 4 rings (SSSR count). The Labute approximate surface area is 177 Å². The fraction of sp³-hybridized carbons (Fsp3) is 0.273. The number of likely N-dealkylation sites (tertiary alicyclic amines) is 1. The highest BCUT2D eigenvalue weighted by molar-refractivity contribution is 9.10. The molecule has 0 bridgehead atoms. The lowest BCUT2D eigenvalue weighted by Crippen LogP contribution is -2.20. The Kier molecular flexibility index (Phi) is 7.06. The number of benzene rings is 2. The molecule has 7 heteroatoms. The molecule has 1 atom stereocenters. The SMILES string of the molecule is Brc1ccc2[nH]cc(CC3CCN(Cc4ccccc4)C3)c2c1.O=C(O)C(=O)O. The van der Waals surface area contributed by atoms with Gasteiger partial charge in [-0.15, -0.1) is 0 Å². The van der Waals surface area contributed by atoms with Gasteiger partial charge >= 0.3 is 11.9 Å². The Morgan fingerprint density at radius 2 is 1.83 bits per heavy atom. The van der Waals surface area contributed by atoms with Gasteiger partial charge in [-0.1, -0.05) is 46.3 Å². The third kappa shape index (κ3) is 5.92. The highest BCUT2D eigenvalue weighted by atomic mass is 79.9. The fourth-order valence-corrected chi connectivity index (χ4v) is 4.06. The van der Waals surface area contributed by atoms with Crippen LogP contribution in [0.3, 0.4) is 0 Å². The molecule has 1 fully saturated rings. The molecular formula is C22H23BrN2O4. The van der Waals surface area contributed by atoms with Crippen LogP contribution >= 0.6 is 15.9 Å². The Morgan fingerprint density at radius 1 is 1.10 bits per heavy atom. The zero-order chi connectivity index (χ0) is 20.8. The minimum atomic E-state index is -1.82. The number of H-pyrrole nitrogens is 1. The van der Waals surface area contributed by atoms with Crippen LogP contribution in [-0.4, -0.2) is 45.1 Å². The minimum Gasteiger partial charge on any atom is -0.473 e. The van der Waals surface area contributed by atoms with Crippen LogP contribution < -0.4 is 0 Å². The third-order valence-electron chi connectivity index (χ3n) is 5.04. The van der Waals surface area contributed by atoms with Crippen LogP contribution in [0.25, 0.3) is 10.9 Å². The molecule has 3 N–H and O–H groups in total. The molecule has 1 aliphatic rings. The monoisotopic (exact) mass is 458 g/mol. The number of carboxylic acid groups (broad SMARTS) is 2. The molecule has 1 unspecified atom stereocenters. The van der Waals surface area contributed by atoms with Gasteiger partial charge in [-0.25, -0.2) is 9.59 Å². The van der Waals surface area contributed by atoms with Gasteiger partial charge < -0.3 is 15.2 Å². The largest absolute Gasteiger partial charge is 0.473 e. The highest BCUT2D eigenvalue weighted by Gasteiger charge is 2.23. The van der Waals surface area contributed by atoms with Crippen molar-refractivity contribution in [1.82, 2.24) is 9.88 Å². The van der Waals surface area contributed by atoms with Crippen molar-refractivity contribution in [3.63, 3.8) is 0 Å². The second-order valence-electron chi connectivity index (χ2n) is 7.19. The fourth-order valence-electron chi connectivity index (χ4n) is 3.70. The summed E-state index contributed by atoms with van der Waals surface area (Å²) in [7, 11) is 0. The number of fused-ring (bicyclic) bond motifs is 1. The van der Waals surface area contributed by atoms with Crippen molar-refractivity contribution < 1.29 is 19.8 Å². The summed E-state index contributed by atoms with van der Waals surface area (Å²) in [6, 6.07) is 17.3. The maximum absolute atomic E-state index is 9.10. The molecule has 1 saturated heterocycles. The van der Waals surface area contributed by atoms with E-state index in [0.717, 1.165) is 16.9 Å². The van der Waals surface area contributed by atoms with Gasteiger partial charge in [-0.2, -0.15) is 0 Å². The number of aromatic nitrogens is 1. The highest BCUT2D eigenvalue weighted by Crippen LogP contribution is 2.28. The van der Waals surface area contributed by atoms with Gasteiger partial charge in [-0.05, 0) is 54.6 Å². The molecule has 2 heterocycles. The van der Waals surface area contributed by atoms with Crippen LogP contribution in [-0.2, 0) is 22.6 Å². The zero-order valence-electron chi connectivity index (χ0n) is 15.8. The second kappa shape index (κ2) is 9.71. The lowest BCUT2D eigenvalue weighted by molar-refractivity contribution is -0.159. The molecule has 6 nitrogen and oxygen atoms in total. The first kappa shape index (κ1) is 21.1. The minimum absolute atomic E-state index is 0.761. The van der Waals surface area contributed by atoms with Gasteiger partial charge in [0.1, 0.15) is 0 Å². The maximum Gasteiger partial charge on any atom is 0.414 e. The number of hydrogen-bond donors (Lipinski definition) is 3. The maximum atomic E-state index is 9.10. The van der Waals surface area contributed by atoms with Crippen molar-refractivity contribution in [2.24, 2.45) is 5.92 Å². The quantitative estimate of drug-likeness (QED) is 0.510. The number of nitrogens with zero attached hydrogens (tertiary/aromatic N) is 1. The molecule has 2 aromatic carbocycles. The van der Waals surface area contributed by atoms with Crippen LogP contribution in [0.4, 0.5) is 0 Å². The molecule has 0 amide bonds. The number of carboxylic acids is 2. The molecule has 1 aromatic heterocycles. The van der Waals surface area contributed by atoms with Gasteiger partial charge in [-0.3, -0.25) is 4.90 Å². The number of hydrogen-bond acceptors (Lipinski definition) is 3. The predicted molar refractivity (Wildman–Crippen MR) is 115 cm³/mol. The second-order valence-corrected chi connectivity index (χ2v) is 8.11. The van der Waals surface area contributed by atoms with E-state index >= 15 is 0 Å². The number of aliphatic carboxylic acids is 2. The standard InChI is InChI=1S/C20H21BrN2.C2H2O4/c21-18-6-7-20-19(11-18)17(12-22-20)10-16-8-9-23(14-16)13-15-4-2-1-3-5-15;3-1(4)2(5)6/h1-7,11-12,16,22H,8-10,13-14H2;(H,3,4)(H,5,6). The Morgan fingerprint density at radius 3 is 2.52 bits per heavy atom. The van der Waals surface area contributed by atoms with Crippen molar-refractivity contribution in [1.29, 1.82) is 0 Å². The average Bonchev–Trinajstić information content (AvgIpc) is 3.30. The lowest BCUT2D eigenvalue weighted by atomic mass is 9.98. The van der Waals surface area contributed by atoms with Crippen LogP contribution in [0.15, 0.2) is 59.2 Å². The first-order chi connectivity index (χ1) is 13.9. The van der Waals surface area contributed by atoms with Crippen molar-refractivity contribution >= 4 is 38.8 Å². The molecule has 0 spiro atoms. The van der Waals surface area contributed by atoms with Crippen molar-refractivity contribution in [2.75, 3.05) is 13.1 Å². The summed E-state index contributed by atoms with van der Waals surface area (Å²) in [5.74, 6) is -2.89. The smallest absolute Gasteiger partial charge is 0.414 e. The normalized spacial score (nSPS) is 16.4. The molecule has 0 radical (unpaired) electrons. The van der Waals surface area contributed by atoms with Gasteiger partial charge in [0.2, 0.25) is 0 Å². The topological polar surface area (TPSA) is 93.6 Å². The van der Waals surface area contributed by atoms with Gasteiger partial charge in [0.05, 0.1) is 0 Å². The summed E-state index contributed by atoms with van der Waals surface area (Å²) in [4.78, 5) is 24.2. The molecule has 152 valence electrons. The molecule has 0 saturated carbocycles. The summed E-state index contributed by atoms with van der Waals surface area (Å²) < 4.78 is 1.16. The van der Waals surface area contributed by atoms with E-state index in [-0.39, 0.29) is 0 Å². The van der Waals surface area contributed by atoms with E-state index in [1.165, 1.54) is 48.0 Å². The number of carbonyl (C=O) groups is 2. The first-order valence-corrected chi connectivity index (χ1v) is 10.2. The van der Waals surface area contributed by atoms with Crippen LogP contribution in [0.5, 0.6) is 0 Å². The molecule has 0 aliphatic carbocycles. The van der Waals surface area contributed by atoms with Crippen molar-refractivity contribution in [3.05, 3.63) is 70.3 Å². The molecular weight excluding hydrogens is 436 g/mol. The van der Waals surface area contributed by atoms with Gasteiger partial charge in [0, 0.05) is 34.7 Å². The number of nitrogens with one attached hydrogen (secondary N) is 1. The summed E-state index contributed by atoms with van der Waals surface area (Å²) in [6.45, 7) is 3.50. The van der Waals surface area contributed by atoms with E-state index < -0.39 is 11.9 Å². The van der Waals surface area contributed by atoms with Crippen molar-refractivity contribution in [2.45, 2.75) is 19.4 Å². The first-order valence-electron chi connectivity index (χ1n) is 9.40. The van der Waals surface area contributed by atoms with E-state index in [0.29, 0.717) is 0 Å². The summed E-state index contributed by atoms with van der Waals surface area (Å²) in [5.41, 5.74) is 4.11. The van der Waals surface area contributed by atoms with Crippen molar-refractivity contribution in [3.8, 4) is 0 Å². The molecule has 29 heavy (non-hydrogen) atoms. The van der Waals surface area contributed by atoms with Gasteiger partial charge in [0.25, 0.3) is 0 Å². The number of aromatic amines is 1. The van der Waals surface area contributed by atoms with Crippen LogP contribution in [0.1, 0.15) is 17.5 Å². The van der Waals surface area contributed by atoms with E-state index in [4.69, 9.17) is 19.8 Å². The Hall–Kier alpha value is -2.64. The van der Waals surface area contributed by atoms with Crippen LogP contribution in [0, 0.1) is 5.92 Å². The Bertz CT molecular complexity index is 975. The molecule has 1 aliphatic heterocycles. The average molecular weight is 459 g/mol. The molecule has 3 aromatic rings. The lowest BCUT2D eigenvalue weighted by Gasteiger charge is -2.16. The van der Waals surface area contributed by atoms with E-state index in [2.05, 4.69) is 80.5 Å². The summed E-state index contributed by atoms with van der Waals surface area (Å²) >= 11 is 3.59. The predicted octanol–water partition coefficient (Wildman–Crippen LogP) is 4.15. The summed E-state index contributed by atoms with van der Waals surface area (Å²) in [5, 5.41) is 16.1. The van der Waals surface area contributed by atoms with E-state index in [1.807, 2.05) is 0 Å². The third-order valence-corrected chi connectivity index (χ3v) is 5.53. The van der Waals surface area contributed by atoms with Crippen LogP contribution in [0.2, 0.25) is 0 Å². The Balaban J connectivity index is 0.000000353. The van der Waals surface area contributed by atoms with E-state index in [1.54, 1.807) is 0 Å². The van der Waals surface area contributed by atoms with E-state index in [9.17, 15) is 0 Å². The van der Waals surface area contributed by atoms with Gasteiger partial charge in [0.15, 0.2) is 0 Å². The number of rotatable bonds is 4. The zero-order valence-corrected chi connectivity index (χ0v) is 17.4. The number of halogens is 1. The summed E-state index contributed by atoms with van der Waals surface area (Å²) in [6.07, 6.45) is 4.66.